The Kier molecular flexibility index (Phi) is 3.66. The molecule has 1 aromatic heterocycles. The molecule has 2 aromatic rings. The summed E-state index contributed by atoms with van der Waals surface area (Å²) in [6, 6.07) is 7.66. The van der Waals surface area contributed by atoms with Gasteiger partial charge in [-0.1, -0.05) is 0 Å². The summed E-state index contributed by atoms with van der Waals surface area (Å²) < 4.78 is 0.0633. The molecular formula is C14H18N2OS. The van der Waals surface area contributed by atoms with E-state index in [1.54, 1.807) is 11.8 Å². The average molecular weight is 262 g/mol. The third kappa shape index (κ3) is 2.88. The van der Waals surface area contributed by atoms with Gasteiger partial charge in [-0.2, -0.15) is 11.8 Å². The molecule has 0 unspecified atom stereocenters. The predicted octanol–water partition coefficient (Wildman–Crippen LogP) is 3.04. The smallest absolute Gasteiger partial charge is 0.251 e. The first-order valence-electron chi connectivity index (χ1n) is 5.92. The maximum Gasteiger partial charge on any atom is 0.251 e. The minimum atomic E-state index is -0.0137. The van der Waals surface area contributed by atoms with Crippen LogP contribution in [0.5, 0.6) is 0 Å². The van der Waals surface area contributed by atoms with Gasteiger partial charge >= 0.3 is 0 Å². The largest absolute Gasteiger partial charge is 0.361 e. The summed E-state index contributed by atoms with van der Waals surface area (Å²) in [5.74, 6) is -0.0137. The number of aromatic nitrogens is 1. The first-order chi connectivity index (χ1) is 8.52. The highest BCUT2D eigenvalue weighted by Gasteiger charge is 2.17. The zero-order valence-corrected chi connectivity index (χ0v) is 11.7. The van der Waals surface area contributed by atoms with Crippen LogP contribution in [0.4, 0.5) is 0 Å². The monoisotopic (exact) mass is 262 g/mol. The van der Waals surface area contributed by atoms with Crippen LogP contribution in [0.15, 0.2) is 30.5 Å². The summed E-state index contributed by atoms with van der Waals surface area (Å²) >= 11 is 1.75. The number of hydrogen-bond donors (Lipinski definition) is 2. The van der Waals surface area contributed by atoms with E-state index in [1.807, 2.05) is 30.5 Å². The van der Waals surface area contributed by atoms with Gasteiger partial charge in [0, 0.05) is 34.0 Å². The van der Waals surface area contributed by atoms with Crippen molar-refractivity contribution in [2.45, 2.75) is 18.6 Å². The molecule has 1 aromatic carbocycles. The van der Waals surface area contributed by atoms with Gasteiger partial charge in [0.2, 0.25) is 0 Å². The van der Waals surface area contributed by atoms with Crippen LogP contribution in [0.1, 0.15) is 24.2 Å². The number of carbonyl (C=O) groups excluding carboxylic acids is 1. The van der Waals surface area contributed by atoms with Gasteiger partial charge in [0.1, 0.15) is 0 Å². The van der Waals surface area contributed by atoms with E-state index in [0.29, 0.717) is 12.1 Å². The van der Waals surface area contributed by atoms with E-state index in [0.717, 1.165) is 10.9 Å². The van der Waals surface area contributed by atoms with Gasteiger partial charge in [0.25, 0.3) is 5.91 Å². The Morgan fingerprint density at radius 3 is 2.89 bits per heavy atom. The molecule has 0 aliphatic heterocycles. The Hall–Kier alpha value is -1.42. The van der Waals surface area contributed by atoms with Crippen molar-refractivity contribution >= 4 is 28.6 Å². The van der Waals surface area contributed by atoms with Gasteiger partial charge in [-0.25, -0.2) is 0 Å². The minimum absolute atomic E-state index is 0.0137. The number of aromatic amines is 1. The summed E-state index contributed by atoms with van der Waals surface area (Å²) in [5.41, 5.74) is 1.76. The number of fused-ring (bicyclic) bond motifs is 1. The summed E-state index contributed by atoms with van der Waals surface area (Å²) in [4.78, 5) is 15.2. The van der Waals surface area contributed by atoms with E-state index >= 15 is 0 Å². The number of amides is 1. The molecule has 18 heavy (non-hydrogen) atoms. The first kappa shape index (κ1) is 13.0. The highest BCUT2D eigenvalue weighted by Crippen LogP contribution is 2.20. The fraction of sp³-hybridized carbons (Fsp3) is 0.357. The molecular weight excluding hydrogens is 244 g/mol. The number of thioether (sulfide) groups is 1. The summed E-state index contributed by atoms with van der Waals surface area (Å²) in [5, 5.41) is 4.04. The number of nitrogens with one attached hydrogen (secondary N) is 2. The molecule has 96 valence electrons. The molecule has 0 saturated heterocycles. The zero-order valence-electron chi connectivity index (χ0n) is 10.9. The van der Waals surface area contributed by atoms with Crippen LogP contribution >= 0.6 is 11.8 Å². The Balaban J connectivity index is 2.08. The molecule has 4 heteroatoms. The lowest BCUT2D eigenvalue weighted by Gasteiger charge is -2.22. The Morgan fingerprint density at radius 1 is 1.39 bits per heavy atom. The molecule has 1 amide bonds. The summed E-state index contributed by atoms with van der Waals surface area (Å²) in [6.07, 6.45) is 3.93. The molecule has 2 rings (SSSR count). The number of hydrogen-bond acceptors (Lipinski definition) is 2. The van der Waals surface area contributed by atoms with Gasteiger partial charge < -0.3 is 10.3 Å². The zero-order chi connectivity index (χ0) is 13.2. The van der Waals surface area contributed by atoms with Crippen LogP contribution in [0, 0.1) is 0 Å². The quantitative estimate of drug-likeness (QED) is 0.889. The van der Waals surface area contributed by atoms with Crippen molar-refractivity contribution in [2.24, 2.45) is 0 Å². The number of benzene rings is 1. The van der Waals surface area contributed by atoms with E-state index in [1.165, 1.54) is 0 Å². The predicted molar refractivity (Wildman–Crippen MR) is 78.2 cm³/mol. The Morgan fingerprint density at radius 2 is 2.17 bits per heavy atom. The molecule has 0 spiro atoms. The van der Waals surface area contributed by atoms with Gasteiger partial charge in [-0.15, -0.1) is 0 Å². The normalized spacial score (nSPS) is 11.7. The minimum Gasteiger partial charge on any atom is -0.361 e. The molecule has 1 heterocycles. The van der Waals surface area contributed by atoms with Gasteiger partial charge in [0.05, 0.1) is 0 Å². The Labute approximate surface area is 111 Å². The van der Waals surface area contributed by atoms with Crippen LogP contribution in [-0.4, -0.2) is 28.4 Å². The second-order valence-corrected chi connectivity index (χ2v) is 6.44. The average Bonchev–Trinajstić information content (AvgIpc) is 2.83. The van der Waals surface area contributed by atoms with Crippen molar-refractivity contribution in [2.75, 3.05) is 12.8 Å². The number of H-pyrrole nitrogens is 1. The maximum atomic E-state index is 12.0. The lowest BCUT2D eigenvalue weighted by atomic mass is 10.1. The highest BCUT2D eigenvalue weighted by atomic mass is 32.2. The third-order valence-corrected chi connectivity index (χ3v) is 4.29. The summed E-state index contributed by atoms with van der Waals surface area (Å²) in [7, 11) is 0. The Bertz CT molecular complexity index is 560. The van der Waals surface area contributed by atoms with Crippen molar-refractivity contribution in [3.8, 4) is 0 Å². The number of rotatable bonds is 4. The van der Waals surface area contributed by atoms with E-state index < -0.39 is 0 Å². The van der Waals surface area contributed by atoms with Gasteiger partial charge in [0.15, 0.2) is 0 Å². The molecule has 3 nitrogen and oxygen atoms in total. The van der Waals surface area contributed by atoms with Gasteiger partial charge in [-0.05, 0) is 44.4 Å². The SMILES string of the molecule is CSC(C)(C)CNC(=O)c1ccc2[nH]ccc2c1. The van der Waals surface area contributed by atoms with Crippen LogP contribution in [-0.2, 0) is 0 Å². The van der Waals surface area contributed by atoms with Crippen LogP contribution in [0.25, 0.3) is 10.9 Å². The molecule has 0 bridgehead atoms. The number of carbonyl (C=O) groups is 1. The topological polar surface area (TPSA) is 44.9 Å². The standard InChI is InChI=1S/C14H18N2OS/c1-14(2,18-3)9-16-13(17)11-4-5-12-10(8-11)6-7-15-12/h4-8,15H,9H2,1-3H3,(H,16,17). The van der Waals surface area contributed by atoms with E-state index in [2.05, 4.69) is 30.4 Å². The second kappa shape index (κ2) is 5.06. The van der Waals surface area contributed by atoms with Crippen molar-refractivity contribution in [1.82, 2.24) is 10.3 Å². The lowest BCUT2D eigenvalue weighted by Crippen LogP contribution is -2.36. The summed E-state index contributed by atoms with van der Waals surface area (Å²) in [6.45, 7) is 4.90. The molecule has 2 N–H and O–H groups in total. The fourth-order valence-electron chi connectivity index (χ4n) is 1.66. The van der Waals surface area contributed by atoms with Crippen molar-refractivity contribution in [3.63, 3.8) is 0 Å². The van der Waals surface area contributed by atoms with Crippen molar-refractivity contribution in [3.05, 3.63) is 36.0 Å². The molecule has 0 radical (unpaired) electrons. The molecule has 0 fully saturated rings. The van der Waals surface area contributed by atoms with E-state index in [9.17, 15) is 4.79 Å². The van der Waals surface area contributed by atoms with Crippen LogP contribution in [0.3, 0.4) is 0 Å². The lowest BCUT2D eigenvalue weighted by molar-refractivity contribution is 0.0951. The molecule has 0 saturated carbocycles. The third-order valence-electron chi connectivity index (χ3n) is 3.04. The highest BCUT2D eigenvalue weighted by molar-refractivity contribution is 7.99. The van der Waals surface area contributed by atoms with Crippen molar-refractivity contribution < 1.29 is 4.79 Å². The van der Waals surface area contributed by atoms with Crippen molar-refractivity contribution in [1.29, 1.82) is 0 Å². The van der Waals surface area contributed by atoms with Crippen LogP contribution < -0.4 is 5.32 Å². The first-order valence-corrected chi connectivity index (χ1v) is 7.15. The molecule has 0 aliphatic carbocycles. The van der Waals surface area contributed by atoms with Gasteiger partial charge in [-0.3, -0.25) is 4.79 Å². The molecule has 0 aliphatic rings. The second-order valence-electron chi connectivity index (χ2n) is 4.93. The van der Waals surface area contributed by atoms with E-state index in [-0.39, 0.29) is 10.7 Å². The molecule has 0 atom stereocenters. The fourth-order valence-corrected chi connectivity index (χ4v) is 1.88. The van der Waals surface area contributed by atoms with Crippen LogP contribution in [0.2, 0.25) is 0 Å². The van der Waals surface area contributed by atoms with E-state index in [4.69, 9.17) is 0 Å². The maximum absolute atomic E-state index is 12.0.